The molecule has 0 saturated heterocycles. The molecule has 0 aliphatic carbocycles. The van der Waals surface area contributed by atoms with Gasteiger partial charge in [-0.25, -0.2) is 0 Å². The standard InChI is InChI=1S/C18H26N2S/c1-14(2)11-19-12-17-9-10-18(21-17)13-20(4)16-7-5-15(3)6-8-16/h5-10,14,19H,11-13H2,1-4H3. The molecule has 2 rings (SSSR count). The van der Waals surface area contributed by atoms with Crippen LogP contribution in [0, 0.1) is 12.8 Å². The van der Waals surface area contributed by atoms with E-state index >= 15 is 0 Å². The zero-order valence-electron chi connectivity index (χ0n) is 13.5. The Hall–Kier alpha value is -1.32. The second-order valence-electron chi connectivity index (χ2n) is 6.08. The zero-order valence-corrected chi connectivity index (χ0v) is 14.3. The van der Waals surface area contributed by atoms with Crippen LogP contribution in [0.4, 0.5) is 5.69 Å². The average molecular weight is 302 g/mol. The molecule has 0 aliphatic heterocycles. The number of hydrogen-bond donors (Lipinski definition) is 1. The van der Waals surface area contributed by atoms with Crippen molar-refractivity contribution < 1.29 is 0 Å². The maximum atomic E-state index is 3.50. The van der Waals surface area contributed by atoms with Crippen LogP contribution in [0.3, 0.4) is 0 Å². The molecule has 1 aromatic heterocycles. The molecule has 2 aromatic rings. The molecule has 0 aliphatic rings. The molecule has 0 atom stereocenters. The Morgan fingerprint density at radius 3 is 2.38 bits per heavy atom. The van der Waals surface area contributed by atoms with Gasteiger partial charge < -0.3 is 10.2 Å². The van der Waals surface area contributed by atoms with E-state index in [1.807, 2.05) is 11.3 Å². The van der Waals surface area contributed by atoms with Crippen molar-refractivity contribution in [2.45, 2.75) is 33.9 Å². The molecular formula is C18H26N2S. The van der Waals surface area contributed by atoms with E-state index in [2.05, 4.69) is 74.4 Å². The summed E-state index contributed by atoms with van der Waals surface area (Å²) in [4.78, 5) is 5.14. The minimum Gasteiger partial charge on any atom is -0.369 e. The molecule has 0 amide bonds. The quantitative estimate of drug-likeness (QED) is 0.813. The van der Waals surface area contributed by atoms with E-state index in [1.54, 1.807) is 0 Å². The smallest absolute Gasteiger partial charge is 0.0519 e. The highest BCUT2D eigenvalue weighted by Crippen LogP contribution is 2.21. The van der Waals surface area contributed by atoms with Gasteiger partial charge >= 0.3 is 0 Å². The summed E-state index contributed by atoms with van der Waals surface area (Å²) in [6.07, 6.45) is 0. The van der Waals surface area contributed by atoms with Crippen molar-refractivity contribution in [3.63, 3.8) is 0 Å². The molecule has 21 heavy (non-hydrogen) atoms. The predicted molar refractivity (Wildman–Crippen MR) is 94.1 cm³/mol. The third kappa shape index (κ3) is 5.18. The number of aryl methyl sites for hydroxylation is 1. The second-order valence-corrected chi connectivity index (χ2v) is 7.34. The first-order valence-electron chi connectivity index (χ1n) is 7.60. The first-order chi connectivity index (χ1) is 10.0. The van der Waals surface area contributed by atoms with Gasteiger partial charge in [0.1, 0.15) is 0 Å². The summed E-state index contributed by atoms with van der Waals surface area (Å²) in [7, 11) is 2.15. The fraction of sp³-hybridized carbons (Fsp3) is 0.444. The molecule has 0 unspecified atom stereocenters. The van der Waals surface area contributed by atoms with Crippen molar-refractivity contribution in [3.8, 4) is 0 Å². The maximum Gasteiger partial charge on any atom is 0.0519 e. The lowest BCUT2D eigenvalue weighted by molar-refractivity contribution is 0.555. The van der Waals surface area contributed by atoms with E-state index in [0.29, 0.717) is 5.92 Å². The minimum atomic E-state index is 0.706. The van der Waals surface area contributed by atoms with Gasteiger partial charge in [-0.1, -0.05) is 31.5 Å². The molecule has 1 heterocycles. The Balaban J connectivity index is 1.88. The summed E-state index contributed by atoms with van der Waals surface area (Å²) in [6, 6.07) is 13.2. The van der Waals surface area contributed by atoms with Crippen molar-refractivity contribution in [2.75, 3.05) is 18.5 Å². The summed E-state index contributed by atoms with van der Waals surface area (Å²) in [5, 5.41) is 3.50. The van der Waals surface area contributed by atoms with Gasteiger partial charge in [0.05, 0.1) is 6.54 Å². The maximum absolute atomic E-state index is 3.50. The number of thiophene rings is 1. The van der Waals surface area contributed by atoms with Crippen molar-refractivity contribution in [2.24, 2.45) is 5.92 Å². The number of rotatable bonds is 7. The number of nitrogens with one attached hydrogen (secondary N) is 1. The highest BCUT2D eigenvalue weighted by Gasteiger charge is 2.05. The third-order valence-electron chi connectivity index (χ3n) is 3.44. The fourth-order valence-electron chi connectivity index (χ4n) is 2.21. The molecular weight excluding hydrogens is 276 g/mol. The molecule has 114 valence electrons. The van der Waals surface area contributed by atoms with E-state index in [9.17, 15) is 0 Å². The van der Waals surface area contributed by atoms with E-state index < -0.39 is 0 Å². The van der Waals surface area contributed by atoms with Gasteiger partial charge in [0.15, 0.2) is 0 Å². The molecule has 0 fully saturated rings. The second kappa shape index (κ2) is 7.62. The molecule has 2 nitrogen and oxygen atoms in total. The molecule has 1 aromatic carbocycles. The first-order valence-corrected chi connectivity index (χ1v) is 8.42. The van der Waals surface area contributed by atoms with Crippen LogP contribution in [-0.2, 0) is 13.1 Å². The summed E-state index contributed by atoms with van der Waals surface area (Å²) in [5.41, 5.74) is 2.58. The summed E-state index contributed by atoms with van der Waals surface area (Å²) in [5.74, 6) is 0.706. The van der Waals surface area contributed by atoms with Gasteiger partial charge in [0.25, 0.3) is 0 Å². The number of anilines is 1. The molecule has 0 bridgehead atoms. The Bertz CT molecular complexity index is 543. The van der Waals surface area contributed by atoms with E-state index in [0.717, 1.165) is 19.6 Å². The van der Waals surface area contributed by atoms with Crippen LogP contribution in [0.15, 0.2) is 36.4 Å². The topological polar surface area (TPSA) is 15.3 Å². The Morgan fingerprint density at radius 2 is 1.71 bits per heavy atom. The Kier molecular flexibility index (Phi) is 5.83. The van der Waals surface area contributed by atoms with Crippen LogP contribution in [0.5, 0.6) is 0 Å². The largest absolute Gasteiger partial charge is 0.369 e. The van der Waals surface area contributed by atoms with Crippen LogP contribution in [0.2, 0.25) is 0 Å². The number of hydrogen-bond acceptors (Lipinski definition) is 3. The lowest BCUT2D eigenvalue weighted by atomic mass is 10.2. The first kappa shape index (κ1) is 16.1. The Labute approximate surface area is 132 Å². The van der Waals surface area contributed by atoms with Gasteiger partial charge in [-0.2, -0.15) is 0 Å². The van der Waals surface area contributed by atoms with Crippen LogP contribution in [0.25, 0.3) is 0 Å². The fourth-order valence-corrected chi connectivity index (χ4v) is 3.25. The van der Waals surface area contributed by atoms with E-state index in [-0.39, 0.29) is 0 Å². The normalized spacial score (nSPS) is 11.1. The molecule has 0 saturated carbocycles. The van der Waals surface area contributed by atoms with Gasteiger partial charge in [0, 0.05) is 29.0 Å². The van der Waals surface area contributed by atoms with Crippen molar-refractivity contribution in [3.05, 3.63) is 51.7 Å². The Morgan fingerprint density at radius 1 is 1.05 bits per heavy atom. The highest BCUT2D eigenvalue weighted by molar-refractivity contribution is 7.12. The van der Waals surface area contributed by atoms with Gasteiger partial charge in [-0.15, -0.1) is 11.3 Å². The number of benzene rings is 1. The van der Waals surface area contributed by atoms with Gasteiger partial charge in [0.2, 0.25) is 0 Å². The molecule has 3 heteroatoms. The van der Waals surface area contributed by atoms with Gasteiger partial charge in [-0.3, -0.25) is 0 Å². The monoisotopic (exact) mass is 302 g/mol. The zero-order chi connectivity index (χ0) is 15.2. The van der Waals surface area contributed by atoms with Crippen molar-refractivity contribution >= 4 is 17.0 Å². The lowest BCUT2D eigenvalue weighted by Gasteiger charge is -2.18. The highest BCUT2D eigenvalue weighted by atomic mass is 32.1. The average Bonchev–Trinajstić information content (AvgIpc) is 2.86. The SMILES string of the molecule is Cc1ccc(N(C)Cc2ccc(CNCC(C)C)s2)cc1. The van der Waals surface area contributed by atoms with Crippen LogP contribution >= 0.6 is 11.3 Å². The predicted octanol–water partition coefficient (Wildman–Crippen LogP) is 4.44. The minimum absolute atomic E-state index is 0.706. The molecule has 1 N–H and O–H groups in total. The van der Waals surface area contributed by atoms with E-state index in [4.69, 9.17) is 0 Å². The lowest BCUT2D eigenvalue weighted by Crippen LogP contribution is -2.18. The van der Waals surface area contributed by atoms with Crippen LogP contribution in [0.1, 0.15) is 29.2 Å². The van der Waals surface area contributed by atoms with Crippen LogP contribution in [-0.4, -0.2) is 13.6 Å². The van der Waals surface area contributed by atoms with Gasteiger partial charge in [-0.05, 0) is 43.7 Å². The summed E-state index contributed by atoms with van der Waals surface area (Å²) < 4.78 is 0. The summed E-state index contributed by atoms with van der Waals surface area (Å²) >= 11 is 1.91. The van der Waals surface area contributed by atoms with Crippen molar-refractivity contribution in [1.29, 1.82) is 0 Å². The molecule has 0 spiro atoms. The summed E-state index contributed by atoms with van der Waals surface area (Å²) in [6.45, 7) is 9.64. The van der Waals surface area contributed by atoms with E-state index in [1.165, 1.54) is 21.0 Å². The van der Waals surface area contributed by atoms with Crippen molar-refractivity contribution in [1.82, 2.24) is 5.32 Å². The number of nitrogens with zero attached hydrogens (tertiary/aromatic N) is 1. The molecule has 0 radical (unpaired) electrons. The van der Waals surface area contributed by atoms with Crippen LogP contribution < -0.4 is 10.2 Å². The third-order valence-corrected chi connectivity index (χ3v) is 4.51.